The number of aliphatic carboxylic acids is 1. The van der Waals surface area contributed by atoms with Crippen LogP contribution < -0.4 is 10.6 Å². The van der Waals surface area contributed by atoms with Gasteiger partial charge in [0.05, 0.1) is 5.41 Å². The fourth-order valence-corrected chi connectivity index (χ4v) is 2.95. The molecule has 1 saturated carbocycles. The second-order valence-corrected chi connectivity index (χ2v) is 6.85. The van der Waals surface area contributed by atoms with E-state index < -0.39 is 11.4 Å². The van der Waals surface area contributed by atoms with Crippen molar-refractivity contribution in [3.63, 3.8) is 0 Å². The van der Waals surface area contributed by atoms with Crippen molar-refractivity contribution in [1.82, 2.24) is 10.6 Å². The molecule has 3 N–H and O–H groups in total. The lowest BCUT2D eigenvalue weighted by atomic mass is 9.86. The minimum atomic E-state index is -0.787. The Balaban J connectivity index is 2.28. The summed E-state index contributed by atoms with van der Waals surface area (Å²) in [6.07, 6.45) is 6.39. The highest BCUT2D eigenvalue weighted by Gasteiger charge is 2.41. The molecule has 1 atom stereocenters. The largest absolute Gasteiger partial charge is 0.481 e. The van der Waals surface area contributed by atoms with Gasteiger partial charge in [0.2, 0.25) is 0 Å². The van der Waals surface area contributed by atoms with Crippen LogP contribution in [0.4, 0.5) is 4.79 Å². The number of urea groups is 1. The first kappa shape index (κ1) is 17.8. The van der Waals surface area contributed by atoms with Crippen molar-refractivity contribution in [2.24, 2.45) is 11.3 Å². The average Bonchev–Trinajstić information content (AvgIpc) is 2.86. The summed E-state index contributed by atoms with van der Waals surface area (Å²) in [7, 11) is 0. The number of carbonyl (C=O) groups is 2. The highest BCUT2D eigenvalue weighted by Crippen LogP contribution is 2.37. The van der Waals surface area contributed by atoms with Crippen LogP contribution in [0.1, 0.15) is 65.7 Å². The Morgan fingerprint density at radius 2 is 1.76 bits per heavy atom. The average molecular weight is 298 g/mol. The second kappa shape index (κ2) is 8.25. The molecule has 0 spiro atoms. The standard InChI is InChI=1S/C16H30N2O3/c1-12(2)7-6-8-13(3)18-15(21)17-11-16(14(19)20)9-4-5-10-16/h12-13H,4-11H2,1-3H3,(H,19,20)(H2,17,18,21). The van der Waals surface area contributed by atoms with Crippen molar-refractivity contribution in [3.05, 3.63) is 0 Å². The van der Waals surface area contributed by atoms with Gasteiger partial charge in [0.1, 0.15) is 0 Å². The molecule has 2 amide bonds. The molecule has 0 saturated heterocycles. The molecule has 5 heteroatoms. The monoisotopic (exact) mass is 298 g/mol. The van der Waals surface area contributed by atoms with E-state index in [1.807, 2.05) is 6.92 Å². The summed E-state index contributed by atoms with van der Waals surface area (Å²) >= 11 is 0. The number of carbonyl (C=O) groups excluding carboxylic acids is 1. The van der Waals surface area contributed by atoms with Crippen LogP contribution in [0.5, 0.6) is 0 Å². The van der Waals surface area contributed by atoms with Gasteiger partial charge in [-0.2, -0.15) is 0 Å². The van der Waals surface area contributed by atoms with Gasteiger partial charge in [0.15, 0.2) is 0 Å². The van der Waals surface area contributed by atoms with Gasteiger partial charge in [0, 0.05) is 12.6 Å². The van der Waals surface area contributed by atoms with E-state index in [0.29, 0.717) is 18.8 Å². The van der Waals surface area contributed by atoms with E-state index in [-0.39, 0.29) is 18.6 Å². The lowest BCUT2D eigenvalue weighted by molar-refractivity contribution is -0.148. The van der Waals surface area contributed by atoms with E-state index in [9.17, 15) is 14.7 Å². The summed E-state index contributed by atoms with van der Waals surface area (Å²) in [4.78, 5) is 23.2. The minimum absolute atomic E-state index is 0.119. The molecule has 1 aliphatic carbocycles. The Labute approximate surface area is 127 Å². The van der Waals surface area contributed by atoms with Gasteiger partial charge in [0.25, 0.3) is 0 Å². The third-order valence-electron chi connectivity index (χ3n) is 4.40. The molecule has 0 radical (unpaired) electrons. The summed E-state index contributed by atoms with van der Waals surface area (Å²) in [5.41, 5.74) is -0.752. The normalized spacial score (nSPS) is 18.5. The molecule has 21 heavy (non-hydrogen) atoms. The maximum absolute atomic E-state index is 11.9. The summed E-state index contributed by atoms with van der Waals surface area (Å²) in [6, 6.07) is -0.132. The first-order valence-electron chi connectivity index (χ1n) is 8.13. The summed E-state index contributed by atoms with van der Waals surface area (Å²) in [6.45, 7) is 6.60. The smallest absolute Gasteiger partial charge is 0.315 e. The molecule has 1 aliphatic rings. The number of hydrogen-bond donors (Lipinski definition) is 3. The van der Waals surface area contributed by atoms with Crippen molar-refractivity contribution in [1.29, 1.82) is 0 Å². The van der Waals surface area contributed by atoms with Crippen LogP contribution in [0.25, 0.3) is 0 Å². The number of carboxylic acids is 1. The Morgan fingerprint density at radius 1 is 1.14 bits per heavy atom. The van der Waals surface area contributed by atoms with Crippen LogP contribution in [-0.2, 0) is 4.79 Å². The fourth-order valence-electron chi connectivity index (χ4n) is 2.95. The van der Waals surface area contributed by atoms with Crippen molar-refractivity contribution >= 4 is 12.0 Å². The Hall–Kier alpha value is -1.26. The van der Waals surface area contributed by atoms with E-state index in [2.05, 4.69) is 24.5 Å². The van der Waals surface area contributed by atoms with Gasteiger partial charge < -0.3 is 15.7 Å². The van der Waals surface area contributed by atoms with Crippen LogP contribution in [-0.4, -0.2) is 29.7 Å². The van der Waals surface area contributed by atoms with Gasteiger partial charge in [-0.15, -0.1) is 0 Å². The molecule has 1 unspecified atom stereocenters. The lowest BCUT2D eigenvalue weighted by Crippen LogP contribution is -2.47. The fraction of sp³-hybridized carbons (Fsp3) is 0.875. The number of rotatable bonds is 8. The van der Waals surface area contributed by atoms with E-state index in [4.69, 9.17) is 0 Å². The van der Waals surface area contributed by atoms with E-state index in [1.165, 1.54) is 0 Å². The maximum atomic E-state index is 11.9. The van der Waals surface area contributed by atoms with Crippen LogP contribution in [0.2, 0.25) is 0 Å². The Kier molecular flexibility index (Phi) is 6.99. The summed E-state index contributed by atoms with van der Waals surface area (Å²) in [5, 5.41) is 15.0. The SMILES string of the molecule is CC(C)CCCC(C)NC(=O)NCC1(C(=O)O)CCCC1. The minimum Gasteiger partial charge on any atom is -0.481 e. The predicted molar refractivity (Wildman–Crippen MR) is 83.2 cm³/mol. The summed E-state index contributed by atoms with van der Waals surface area (Å²) in [5.74, 6) is -0.103. The van der Waals surface area contributed by atoms with E-state index in [0.717, 1.165) is 32.1 Å². The van der Waals surface area contributed by atoms with Gasteiger partial charge in [-0.05, 0) is 32.1 Å². The second-order valence-electron chi connectivity index (χ2n) is 6.85. The van der Waals surface area contributed by atoms with Crippen LogP contribution in [0.15, 0.2) is 0 Å². The first-order valence-corrected chi connectivity index (χ1v) is 8.13. The number of hydrogen-bond acceptors (Lipinski definition) is 2. The van der Waals surface area contributed by atoms with Crippen LogP contribution in [0, 0.1) is 11.3 Å². The molecule has 0 bridgehead atoms. The van der Waals surface area contributed by atoms with Gasteiger partial charge in [-0.3, -0.25) is 4.79 Å². The van der Waals surface area contributed by atoms with Crippen molar-refractivity contribution in [3.8, 4) is 0 Å². The maximum Gasteiger partial charge on any atom is 0.315 e. The van der Waals surface area contributed by atoms with Gasteiger partial charge in [-0.1, -0.05) is 39.5 Å². The molecule has 0 aromatic carbocycles. The van der Waals surface area contributed by atoms with E-state index in [1.54, 1.807) is 0 Å². The predicted octanol–water partition coefficient (Wildman–Crippen LogP) is 3.15. The number of amides is 2. The highest BCUT2D eigenvalue weighted by atomic mass is 16.4. The zero-order valence-corrected chi connectivity index (χ0v) is 13.6. The molecule has 5 nitrogen and oxygen atoms in total. The third-order valence-corrected chi connectivity index (χ3v) is 4.40. The molecular formula is C16H30N2O3. The number of carboxylic acid groups (broad SMARTS) is 1. The molecular weight excluding hydrogens is 268 g/mol. The first-order chi connectivity index (χ1) is 9.85. The Bertz CT molecular complexity index is 349. The van der Waals surface area contributed by atoms with Gasteiger partial charge >= 0.3 is 12.0 Å². The van der Waals surface area contributed by atoms with Gasteiger partial charge in [-0.25, -0.2) is 4.79 Å². The molecule has 0 aromatic heterocycles. The quantitative estimate of drug-likeness (QED) is 0.644. The molecule has 0 aliphatic heterocycles. The van der Waals surface area contributed by atoms with Crippen molar-refractivity contribution in [2.45, 2.75) is 71.8 Å². The zero-order chi connectivity index (χ0) is 15.9. The molecule has 0 aromatic rings. The number of nitrogens with one attached hydrogen (secondary N) is 2. The van der Waals surface area contributed by atoms with Crippen LogP contribution in [0.3, 0.4) is 0 Å². The zero-order valence-electron chi connectivity index (χ0n) is 13.6. The lowest BCUT2D eigenvalue weighted by Gasteiger charge is -2.24. The topological polar surface area (TPSA) is 78.4 Å². The molecule has 0 heterocycles. The molecule has 1 fully saturated rings. The van der Waals surface area contributed by atoms with E-state index >= 15 is 0 Å². The third kappa shape index (κ3) is 5.94. The molecule has 122 valence electrons. The Morgan fingerprint density at radius 3 is 2.29 bits per heavy atom. The van der Waals surface area contributed by atoms with Crippen LogP contribution >= 0.6 is 0 Å². The summed E-state index contributed by atoms with van der Waals surface area (Å²) < 4.78 is 0. The van der Waals surface area contributed by atoms with Crippen molar-refractivity contribution < 1.29 is 14.7 Å². The van der Waals surface area contributed by atoms with Crippen molar-refractivity contribution in [2.75, 3.05) is 6.54 Å². The highest BCUT2D eigenvalue weighted by molar-refractivity contribution is 5.78. The molecule has 1 rings (SSSR count).